The predicted molar refractivity (Wildman–Crippen MR) is 77.7 cm³/mol. The fourth-order valence-corrected chi connectivity index (χ4v) is 4.39. The summed E-state index contributed by atoms with van der Waals surface area (Å²) < 4.78 is 32.2. The van der Waals surface area contributed by atoms with Crippen molar-refractivity contribution in [1.29, 1.82) is 0 Å². The van der Waals surface area contributed by atoms with Gasteiger partial charge in [0.25, 0.3) is 5.69 Å². The topological polar surface area (TPSA) is 93.7 Å². The van der Waals surface area contributed by atoms with Crippen molar-refractivity contribution >= 4 is 15.7 Å². The molecule has 0 bridgehead atoms. The number of rotatable bonds is 4. The second kappa shape index (κ2) is 5.54. The van der Waals surface area contributed by atoms with E-state index in [1.807, 2.05) is 0 Å². The summed E-state index contributed by atoms with van der Waals surface area (Å²) in [6.45, 7) is 0.371. The number of sulfonamides is 1. The van der Waals surface area contributed by atoms with Gasteiger partial charge in [-0.2, -0.15) is 4.31 Å². The van der Waals surface area contributed by atoms with Crippen LogP contribution in [0, 0.1) is 10.1 Å². The van der Waals surface area contributed by atoms with E-state index >= 15 is 0 Å². The van der Waals surface area contributed by atoms with Crippen LogP contribution >= 0.6 is 0 Å². The average molecular weight is 322 g/mol. The molecule has 0 aliphatic carbocycles. The Morgan fingerprint density at radius 1 is 1.27 bits per heavy atom. The molecule has 0 N–H and O–H groups in total. The number of hydrogen-bond donors (Lipinski definition) is 0. The van der Waals surface area contributed by atoms with Crippen molar-refractivity contribution in [1.82, 2.24) is 4.31 Å². The molecule has 0 amide bonds. The maximum Gasteiger partial charge on any atom is 0.270 e. The van der Waals surface area contributed by atoms with Gasteiger partial charge in [0.2, 0.25) is 10.0 Å². The third-order valence-corrected chi connectivity index (χ3v) is 5.61. The molecule has 1 aromatic carbocycles. The van der Waals surface area contributed by atoms with Crippen LogP contribution in [0.2, 0.25) is 0 Å². The molecule has 1 aliphatic rings. The highest BCUT2D eigenvalue weighted by molar-refractivity contribution is 7.89. The van der Waals surface area contributed by atoms with E-state index < -0.39 is 14.9 Å². The second-order valence-electron chi connectivity index (χ2n) is 5.04. The molecule has 1 atom stereocenters. The number of nitro benzene ring substituents is 1. The lowest BCUT2D eigenvalue weighted by molar-refractivity contribution is -0.385. The summed E-state index contributed by atoms with van der Waals surface area (Å²) in [6, 6.07) is 8.21. The zero-order valence-corrected chi connectivity index (χ0v) is 12.4. The Morgan fingerprint density at radius 2 is 2.09 bits per heavy atom. The molecule has 2 aromatic rings. The number of nitrogens with zero attached hydrogens (tertiary/aromatic N) is 2. The van der Waals surface area contributed by atoms with E-state index in [-0.39, 0.29) is 16.6 Å². The third kappa shape index (κ3) is 2.51. The van der Waals surface area contributed by atoms with Crippen molar-refractivity contribution in [3.05, 3.63) is 58.5 Å². The van der Waals surface area contributed by atoms with E-state index in [9.17, 15) is 18.5 Å². The lowest BCUT2D eigenvalue weighted by Gasteiger charge is -2.22. The normalized spacial score (nSPS) is 19.4. The van der Waals surface area contributed by atoms with Crippen LogP contribution in [0.5, 0.6) is 0 Å². The highest BCUT2D eigenvalue weighted by Gasteiger charge is 2.38. The maximum atomic E-state index is 12.8. The number of hydrogen-bond acceptors (Lipinski definition) is 5. The molecule has 7 nitrogen and oxygen atoms in total. The van der Waals surface area contributed by atoms with Crippen molar-refractivity contribution in [2.24, 2.45) is 0 Å². The maximum absolute atomic E-state index is 12.8. The van der Waals surface area contributed by atoms with Crippen molar-refractivity contribution in [2.45, 2.75) is 23.8 Å². The lowest BCUT2D eigenvalue weighted by atomic mass is 10.2. The van der Waals surface area contributed by atoms with Gasteiger partial charge in [0.05, 0.1) is 22.1 Å². The zero-order chi connectivity index (χ0) is 15.7. The summed E-state index contributed by atoms with van der Waals surface area (Å²) in [5.41, 5.74) is -0.241. The molecule has 0 unspecified atom stereocenters. The molecule has 1 fully saturated rings. The Bertz CT molecular complexity index is 785. The van der Waals surface area contributed by atoms with E-state index in [1.54, 1.807) is 12.1 Å². The van der Waals surface area contributed by atoms with E-state index in [0.717, 1.165) is 12.5 Å². The van der Waals surface area contributed by atoms with Crippen molar-refractivity contribution < 1.29 is 17.8 Å². The van der Waals surface area contributed by atoms with Gasteiger partial charge in [-0.3, -0.25) is 10.1 Å². The minimum atomic E-state index is -3.80. The monoisotopic (exact) mass is 322 g/mol. The minimum absolute atomic E-state index is 0.0693. The Kier molecular flexibility index (Phi) is 3.71. The molecule has 116 valence electrons. The van der Waals surface area contributed by atoms with E-state index in [2.05, 4.69) is 0 Å². The summed E-state index contributed by atoms with van der Waals surface area (Å²) in [7, 11) is -3.80. The van der Waals surface area contributed by atoms with Gasteiger partial charge >= 0.3 is 0 Å². The zero-order valence-electron chi connectivity index (χ0n) is 11.6. The molecular weight excluding hydrogens is 308 g/mol. The molecule has 1 saturated heterocycles. The van der Waals surface area contributed by atoms with Crippen LogP contribution in [-0.2, 0) is 10.0 Å². The van der Waals surface area contributed by atoms with Gasteiger partial charge in [0, 0.05) is 18.7 Å². The average Bonchev–Trinajstić information content (AvgIpc) is 3.18. The van der Waals surface area contributed by atoms with Gasteiger partial charge in [0.15, 0.2) is 0 Å². The standard InChI is InChI=1S/C14H14N2O5S/c17-16(18)11-4-1-5-12(10-11)22(19,20)15-8-2-6-13(15)14-7-3-9-21-14/h1,3-5,7,9-10,13H,2,6,8H2/t13-/m0/s1. The lowest BCUT2D eigenvalue weighted by Crippen LogP contribution is -2.30. The first kappa shape index (κ1) is 14.7. The predicted octanol–water partition coefficient (Wildman–Crippen LogP) is 2.71. The minimum Gasteiger partial charge on any atom is -0.468 e. The fourth-order valence-electron chi connectivity index (χ4n) is 2.69. The first-order valence-electron chi connectivity index (χ1n) is 6.80. The van der Waals surface area contributed by atoms with Crippen LogP contribution in [0.4, 0.5) is 5.69 Å². The Labute approximate surface area is 127 Å². The first-order chi connectivity index (χ1) is 10.5. The highest BCUT2D eigenvalue weighted by Crippen LogP contribution is 2.37. The largest absolute Gasteiger partial charge is 0.468 e. The van der Waals surface area contributed by atoms with Gasteiger partial charge in [-0.25, -0.2) is 8.42 Å². The quantitative estimate of drug-likeness (QED) is 0.637. The number of non-ortho nitro benzene ring substituents is 1. The Hall–Kier alpha value is -2.19. The molecule has 22 heavy (non-hydrogen) atoms. The van der Waals surface area contributed by atoms with Crippen molar-refractivity contribution in [3.8, 4) is 0 Å². The van der Waals surface area contributed by atoms with E-state index in [4.69, 9.17) is 4.42 Å². The molecule has 1 aliphatic heterocycles. The molecule has 3 rings (SSSR count). The molecule has 0 radical (unpaired) electrons. The van der Waals surface area contributed by atoms with Crippen LogP contribution in [0.3, 0.4) is 0 Å². The number of benzene rings is 1. The smallest absolute Gasteiger partial charge is 0.270 e. The summed E-state index contributed by atoms with van der Waals surface area (Å²) in [6.07, 6.45) is 2.90. The van der Waals surface area contributed by atoms with Crippen LogP contribution in [0.1, 0.15) is 24.6 Å². The summed E-state index contributed by atoms with van der Waals surface area (Å²) in [5.74, 6) is 0.589. The summed E-state index contributed by atoms with van der Waals surface area (Å²) in [5, 5.41) is 10.8. The van der Waals surface area contributed by atoms with Crippen LogP contribution in [0.15, 0.2) is 52.0 Å². The van der Waals surface area contributed by atoms with E-state index in [1.165, 1.54) is 28.8 Å². The number of furan rings is 1. The fraction of sp³-hybridized carbons (Fsp3) is 0.286. The Morgan fingerprint density at radius 3 is 2.77 bits per heavy atom. The SMILES string of the molecule is O=[N+]([O-])c1cccc(S(=O)(=O)N2CCC[C@H]2c2ccco2)c1. The highest BCUT2D eigenvalue weighted by atomic mass is 32.2. The van der Waals surface area contributed by atoms with Crippen molar-refractivity contribution in [2.75, 3.05) is 6.54 Å². The van der Waals surface area contributed by atoms with Gasteiger partial charge in [-0.1, -0.05) is 6.07 Å². The van der Waals surface area contributed by atoms with Crippen LogP contribution in [-0.4, -0.2) is 24.2 Å². The van der Waals surface area contributed by atoms with Gasteiger partial charge in [0.1, 0.15) is 5.76 Å². The van der Waals surface area contributed by atoms with E-state index in [0.29, 0.717) is 18.7 Å². The molecule has 0 spiro atoms. The summed E-state index contributed by atoms with van der Waals surface area (Å²) in [4.78, 5) is 10.2. The Balaban J connectivity index is 1.99. The molecule has 1 aromatic heterocycles. The second-order valence-corrected chi connectivity index (χ2v) is 6.93. The first-order valence-corrected chi connectivity index (χ1v) is 8.24. The van der Waals surface area contributed by atoms with Crippen molar-refractivity contribution in [3.63, 3.8) is 0 Å². The van der Waals surface area contributed by atoms with Gasteiger partial charge in [-0.05, 0) is 31.0 Å². The molecule has 0 saturated carbocycles. The molecular formula is C14H14N2O5S. The van der Waals surface area contributed by atoms with Gasteiger partial charge in [-0.15, -0.1) is 0 Å². The number of nitro groups is 1. The molecule has 2 heterocycles. The van der Waals surface area contributed by atoms with Crippen LogP contribution in [0.25, 0.3) is 0 Å². The third-order valence-electron chi connectivity index (χ3n) is 3.71. The molecule has 8 heteroatoms. The van der Waals surface area contributed by atoms with Crippen LogP contribution < -0.4 is 0 Å². The van der Waals surface area contributed by atoms with Gasteiger partial charge < -0.3 is 4.42 Å². The summed E-state index contributed by atoms with van der Waals surface area (Å²) >= 11 is 0.